The molecule has 6 nitrogen and oxygen atoms in total. The van der Waals surface area contributed by atoms with Crippen LogP contribution >= 0.6 is 0 Å². The molecule has 9 heteroatoms. The highest BCUT2D eigenvalue weighted by molar-refractivity contribution is 5.90. The molecule has 2 rings (SSSR count). The van der Waals surface area contributed by atoms with Gasteiger partial charge in [0.05, 0.1) is 17.9 Å². The number of halogens is 3. The molecule has 3 amide bonds. The molecule has 1 fully saturated rings. The highest BCUT2D eigenvalue weighted by Crippen LogP contribution is 2.34. The van der Waals surface area contributed by atoms with Gasteiger partial charge in [0, 0.05) is 19.1 Å². The quantitative estimate of drug-likeness (QED) is 0.868. The number of hydrogen-bond donors (Lipinski definition) is 2. The molecule has 0 aromatic heterocycles. The number of carbonyl (C=O) groups excluding carboxylic acids is 2. The van der Waals surface area contributed by atoms with Crippen LogP contribution in [-0.2, 0) is 10.9 Å². The highest BCUT2D eigenvalue weighted by atomic mass is 19.4. The first-order chi connectivity index (χ1) is 11.8. The maximum Gasteiger partial charge on any atom is 0.418 e. The number of nitrogens with zero attached hydrogens (tertiary/aromatic N) is 1. The topological polar surface area (TPSA) is 70.7 Å². The summed E-state index contributed by atoms with van der Waals surface area (Å²) in [6.07, 6.45) is -3.93. The number of alkyl halides is 3. The van der Waals surface area contributed by atoms with E-state index in [9.17, 15) is 22.8 Å². The van der Waals surface area contributed by atoms with Gasteiger partial charge >= 0.3 is 18.3 Å². The number of benzene rings is 1. The lowest BCUT2D eigenvalue weighted by atomic mass is 10.1. The number of nitrogens with one attached hydrogen (secondary N) is 2. The summed E-state index contributed by atoms with van der Waals surface area (Å²) in [5.41, 5.74) is -1.20. The third-order valence-electron chi connectivity index (χ3n) is 3.84. The molecule has 1 aromatic rings. The van der Waals surface area contributed by atoms with Crippen LogP contribution in [0.2, 0.25) is 0 Å². The van der Waals surface area contributed by atoms with Crippen LogP contribution < -0.4 is 10.6 Å². The summed E-state index contributed by atoms with van der Waals surface area (Å²) >= 11 is 0. The fraction of sp³-hybridized carbons (Fsp3) is 0.500. The fourth-order valence-electron chi connectivity index (χ4n) is 2.60. The minimum absolute atomic E-state index is 0.219. The van der Waals surface area contributed by atoms with Crippen molar-refractivity contribution < 1.29 is 27.5 Å². The first-order valence-electron chi connectivity index (χ1n) is 7.96. The summed E-state index contributed by atoms with van der Waals surface area (Å²) in [5, 5.41) is 4.88. The average molecular weight is 359 g/mol. The molecule has 0 radical (unpaired) electrons. The van der Waals surface area contributed by atoms with Crippen molar-refractivity contribution in [2.75, 3.05) is 25.0 Å². The van der Waals surface area contributed by atoms with Crippen LogP contribution in [0.4, 0.5) is 28.4 Å². The summed E-state index contributed by atoms with van der Waals surface area (Å²) in [7, 11) is 0. The molecular formula is C16H20F3N3O3. The zero-order valence-corrected chi connectivity index (χ0v) is 13.7. The molecule has 0 spiro atoms. The Hall–Kier alpha value is -2.45. The number of hydrogen-bond acceptors (Lipinski definition) is 3. The SMILES string of the molecule is CCOC(=O)N1CCC(NC(=O)Nc2ccccc2C(F)(F)F)CC1. The smallest absolute Gasteiger partial charge is 0.418 e. The van der Waals surface area contributed by atoms with Gasteiger partial charge in [0.15, 0.2) is 0 Å². The minimum atomic E-state index is -4.55. The fourth-order valence-corrected chi connectivity index (χ4v) is 2.60. The van der Waals surface area contributed by atoms with Gasteiger partial charge in [-0.05, 0) is 31.9 Å². The van der Waals surface area contributed by atoms with Crippen molar-refractivity contribution in [2.24, 2.45) is 0 Å². The van der Waals surface area contributed by atoms with E-state index in [1.165, 1.54) is 18.2 Å². The van der Waals surface area contributed by atoms with Gasteiger partial charge in [0.1, 0.15) is 0 Å². The van der Waals surface area contributed by atoms with E-state index in [1.807, 2.05) is 0 Å². The van der Waals surface area contributed by atoms with Crippen LogP contribution in [0, 0.1) is 0 Å². The lowest BCUT2D eigenvalue weighted by molar-refractivity contribution is -0.136. The molecule has 2 N–H and O–H groups in total. The summed E-state index contributed by atoms with van der Waals surface area (Å²) in [6.45, 7) is 2.85. The molecule has 0 saturated carbocycles. The van der Waals surface area contributed by atoms with Gasteiger partial charge in [-0.2, -0.15) is 13.2 Å². The van der Waals surface area contributed by atoms with Gasteiger partial charge < -0.3 is 20.3 Å². The molecular weight excluding hydrogens is 339 g/mol. The molecule has 0 bridgehead atoms. The number of piperidine rings is 1. The first-order valence-corrected chi connectivity index (χ1v) is 7.96. The van der Waals surface area contributed by atoms with Crippen molar-refractivity contribution in [1.29, 1.82) is 0 Å². The van der Waals surface area contributed by atoms with Gasteiger partial charge in [0.25, 0.3) is 0 Å². The number of urea groups is 1. The second-order valence-corrected chi connectivity index (χ2v) is 5.60. The molecule has 1 heterocycles. The zero-order chi connectivity index (χ0) is 18.4. The molecule has 1 saturated heterocycles. The third-order valence-corrected chi connectivity index (χ3v) is 3.84. The molecule has 0 atom stereocenters. The normalized spacial score (nSPS) is 15.6. The standard InChI is InChI=1S/C16H20F3N3O3/c1-2-25-15(24)22-9-7-11(8-10-22)20-14(23)21-13-6-4-3-5-12(13)16(17,18)19/h3-6,11H,2,7-10H2,1H3,(H2,20,21,23). The van der Waals surface area contributed by atoms with Crippen LogP contribution in [0.3, 0.4) is 0 Å². The van der Waals surface area contributed by atoms with E-state index in [1.54, 1.807) is 11.8 Å². The van der Waals surface area contributed by atoms with Crippen molar-refractivity contribution >= 4 is 17.8 Å². The van der Waals surface area contributed by atoms with E-state index < -0.39 is 23.9 Å². The molecule has 1 aromatic carbocycles. The Labute approximate surface area is 143 Å². The van der Waals surface area contributed by atoms with E-state index in [2.05, 4.69) is 10.6 Å². The summed E-state index contributed by atoms with van der Waals surface area (Å²) < 4.78 is 43.7. The molecule has 0 unspecified atom stereocenters. The van der Waals surface area contributed by atoms with Gasteiger partial charge in [-0.3, -0.25) is 0 Å². The minimum Gasteiger partial charge on any atom is -0.450 e. The number of anilines is 1. The molecule has 1 aliphatic rings. The van der Waals surface area contributed by atoms with Crippen molar-refractivity contribution in [3.63, 3.8) is 0 Å². The lowest BCUT2D eigenvalue weighted by Gasteiger charge is -2.31. The van der Waals surface area contributed by atoms with Crippen molar-refractivity contribution in [3.05, 3.63) is 29.8 Å². The Morgan fingerprint density at radius 2 is 1.88 bits per heavy atom. The average Bonchev–Trinajstić information content (AvgIpc) is 2.55. The van der Waals surface area contributed by atoms with Crippen LogP contribution in [0.25, 0.3) is 0 Å². The van der Waals surface area contributed by atoms with Gasteiger partial charge in [-0.15, -0.1) is 0 Å². The number of carbonyl (C=O) groups is 2. The van der Waals surface area contributed by atoms with Gasteiger partial charge in [-0.25, -0.2) is 9.59 Å². The van der Waals surface area contributed by atoms with E-state index in [0.717, 1.165) is 6.07 Å². The Balaban J connectivity index is 1.87. The van der Waals surface area contributed by atoms with E-state index in [0.29, 0.717) is 25.9 Å². The van der Waals surface area contributed by atoms with E-state index in [4.69, 9.17) is 4.74 Å². The number of rotatable bonds is 3. The second-order valence-electron chi connectivity index (χ2n) is 5.60. The predicted molar refractivity (Wildman–Crippen MR) is 85.2 cm³/mol. The summed E-state index contributed by atoms with van der Waals surface area (Å²) in [5.74, 6) is 0. The molecule has 0 aliphatic carbocycles. The Kier molecular flexibility index (Phi) is 6.11. The largest absolute Gasteiger partial charge is 0.450 e. The number of amides is 3. The van der Waals surface area contributed by atoms with Crippen LogP contribution in [0.1, 0.15) is 25.3 Å². The monoisotopic (exact) mass is 359 g/mol. The second kappa shape index (κ2) is 8.09. The van der Waals surface area contributed by atoms with Gasteiger partial charge in [0.2, 0.25) is 0 Å². The number of para-hydroxylation sites is 1. The zero-order valence-electron chi connectivity index (χ0n) is 13.7. The Morgan fingerprint density at radius 1 is 1.24 bits per heavy atom. The van der Waals surface area contributed by atoms with Crippen LogP contribution in [0.5, 0.6) is 0 Å². The molecule has 25 heavy (non-hydrogen) atoms. The highest BCUT2D eigenvalue weighted by Gasteiger charge is 2.33. The van der Waals surface area contributed by atoms with Crippen molar-refractivity contribution in [3.8, 4) is 0 Å². The maximum atomic E-state index is 12.9. The maximum absolute atomic E-state index is 12.9. The van der Waals surface area contributed by atoms with E-state index in [-0.39, 0.29) is 18.3 Å². The Morgan fingerprint density at radius 3 is 2.48 bits per heavy atom. The lowest BCUT2D eigenvalue weighted by Crippen LogP contribution is -2.47. The Bertz CT molecular complexity index is 614. The number of ether oxygens (including phenoxy) is 1. The summed E-state index contributed by atoms with van der Waals surface area (Å²) in [4.78, 5) is 25.1. The summed E-state index contributed by atoms with van der Waals surface area (Å²) in [6, 6.07) is 3.87. The number of likely N-dealkylation sites (tertiary alicyclic amines) is 1. The third kappa shape index (κ3) is 5.27. The van der Waals surface area contributed by atoms with E-state index >= 15 is 0 Å². The van der Waals surface area contributed by atoms with Crippen molar-refractivity contribution in [2.45, 2.75) is 32.0 Å². The van der Waals surface area contributed by atoms with Crippen LogP contribution in [0.15, 0.2) is 24.3 Å². The molecule has 138 valence electrons. The van der Waals surface area contributed by atoms with Crippen LogP contribution in [-0.4, -0.2) is 42.8 Å². The van der Waals surface area contributed by atoms with Gasteiger partial charge in [-0.1, -0.05) is 12.1 Å². The van der Waals surface area contributed by atoms with Crippen molar-refractivity contribution in [1.82, 2.24) is 10.2 Å². The first kappa shape index (κ1) is 18.9. The predicted octanol–water partition coefficient (Wildman–Crippen LogP) is 3.45. The molecule has 1 aliphatic heterocycles.